The van der Waals surface area contributed by atoms with E-state index < -0.39 is 49.8 Å². The van der Waals surface area contributed by atoms with Gasteiger partial charge in [0.1, 0.15) is 0 Å². The van der Waals surface area contributed by atoms with Crippen LogP contribution in [0.25, 0.3) is 0 Å². The van der Waals surface area contributed by atoms with Crippen molar-refractivity contribution in [3.63, 3.8) is 0 Å². The molecule has 0 aromatic heterocycles. The van der Waals surface area contributed by atoms with Gasteiger partial charge in [-0.3, -0.25) is 0 Å². The average molecular weight is 1740 g/mol. The van der Waals surface area contributed by atoms with Gasteiger partial charge in [-0.15, -0.1) is 0 Å². The Morgan fingerprint density at radius 3 is 0.466 bits per heavy atom. The van der Waals surface area contributed by atoms with Gasteiger partial charge in [0.25, 0.3) is 0 Å². The molecule has 24 rings (SSSR count). The third-order valence-corrected chi connectivity index (χ3v) is 93.1. The van der Waals surface area contributed by atoms with Gasteiger partial charge < -0.3 is 0 Å². The van der Waals surface area contributed by atoms with Gasteiger partial charge in [-0.2, -0.15) is 0 Å². The van der Waals surface area contributed by atoms with Crippen LogP contribution in [0.1, 0.15) is 385 Å². The molecule has 24 aliphatic rings. The molecule has 637 valence electrons. The monoisotopic (exact) mass is 1740 g/mol. The fraction of sp³-hybridized carbons (Fsp3) is 0.944. The van der Waals surface area contributed by atoms with Crippen LogP contribution in [-0.2, 0) is 68.4 Å². The molecule has 0 bridgehead atoms. The number of carbonyl (C=O) groups is 6. The second-order valence-corrected chi connectivity index (χ2v) is 74.5. The summed E-state index contributed by atoms with van der Waals surface area (Å²) >= 11 is -7.83. The second kappa shape index (κ2) is 29.3. The molecule has 6 nitrogen and oxygen atoms in total. The van der Waals surface area contributed by atoms with Crippen molar-refractivity contribution in [2.75, 3.05) is 0 Å². The zero-order chi connectivity index (χ0) is 76.9. The molecule has 0 aromatic rings. The number of carbonyl (C=O) groups excluding carboxylic acids is 6. The number of hydrogen-bond acceptors (Lipinski definition) is 6. The molecule has 42 atom stereocenters. The number of fused-ring (bicyclic) bond motifs is 30. The summed E-state index contributed by atoms with van der Waals surface area (Å²) in [5.41, 5.74) is -2.70. The fourth-order valence-electron chi connectivity index (χ4n) is 51.2. The predicted octanol–water partition coefficient (Wildman–Crippen LogP) is 27.3. The minimum absolute atomic E-state index is 0. The van der Waals surface area contributed by atoms with Gasteiger partial charge >= 0.3 is 723 Å². The largest absolute Gasteiger partial charge is 2.00 e. The van der Waals surface area contributed by atoms with Crippen molar-refractivity contribution in [1.82, 2.24) is 0 Å². The van der Waals surface area contributed by atoms with Crippen molar-refractivity contribution in [2.45, 2.75) is 407 Å². The van der Waals surface area contributed by atoms with Crippen LogP contribution in [-0.4, -0.2) is 37.7 Å². The van der Waals surface area contributed by atoms with E-state index in [0.717, 1.165) is 74.0 Å². The Bertz CT molecular complexity index is 3150. The van der Waals surface area contributed by atoms with Crippen LogP contribution in [0.5, 0.6) is 0 Å². The van der Waals surface area contributed by atoms with Crippen LogP contribution in [0.3, 0.4) is 0 Å². The Labute approximate surface area is 717 Å². The molecule has 1 radical (unpaired) electrons. The van der Waals surface area contributed by atoms with E-state index in [1.54, 1.807) is 0 Å². The summed E-state index contributed by atoms with van der Waals surface area (Å²) in [4.78, 5) is 106. The van der Waals surface area contributed by atoms with Gasteiger partial charge in [-0.05, 0) is 0 Å². The summed E-state index contributed by atoms with van der Waals surface area (Å²) in [5.74, 6) is 14.9. The molecule has 0 aliphatic heterocycles. The van der Waals surface area contributed by atoms with E-state index in [1.807, 2.05) is 37.7 Å². The Morgan fingerprint density at radius 2 is 0.310 bits per heavy atom. The van der Waals surface area contributed by atoms with Crippen LogP contribution in [0.15, 0.2) is 0 Å². The predicted molar refractivity (Wildman–Crippen MR) is 455 cm³/mol. The number of aldehydes is 6. The maximum Gasteiger partial charge on any atom is 2.00 e. The standard InChI is InChI=1S/6C18H27O.Nb.Zr/c6*19-12-18-11-10-13-5-3-6-15(13)17(18)9-8-14-4-1-2-7-16(14)18;;/h6*7,12-17H,1-6,8-11H2;;/q;;;;;;+2;/t6*13-,14+,15+,16-,17-,18-;;/m000000../s1. The van der Waals surface area contributed by atoms with Crippen molar-refractivity contribution >= 4 is 37.7 Å². The van der Waals surface area contributed by atoms with Crippen molar-refractivity contribution < 1.29 is 68.4 Å². The second-order valence-electron chi connectivity index (χ2n) is 51.3. The van der Waals surface area contributed by atoms with Crippen LogP contribution < -0.4 is 0 Å². The third kappa shape index (κ3) is 9.80. The summed E-state index contributed by atoms with van der Waals surface area (Å²) in [7, 11) is 0. The molecule has 0 spiro atoms. The molecule has 6 unspecified atom stereocenters. The van der Waals surface area contributed by atoms with Crippen LogP contribution in [0.4, 0.5) is 0 Å². The first-order chi connectivity index (χ1) is 56.5. The molecule has 0 N–H and O–H groups in total. The van der Waals surface area contributed by atoms with E-state index in [1.165, 1.54) is 347 Å². The maximum atomic E-state index is 17.6. The van der Waals surface area contributed by atoms with Crippen molar-refractivity contribution in [1.29, 1.82) is 0 Å². The summed E-state index contributed by atoms with van der Waals surface area (Å²) in [6, 6.07) is 0. The maximum absolute atomic E-state index is 17.6. The Morgan fingerprint density at radius 1 is 0.164 bits per heavy atom. The van der Waals surface area contributed by atoms with Crippen LogP contribution in [0, 0.1) is 210 Å². The molecule has 24 saturated carbocycles. The molecule has 0 amide bonds. The number of rotatable bonds is 12. The smallest absolute Gasteiger partial charge is 2.00 e. The summed E-state index contributed by atoms with van der Waals surface area (Å²) in [5, 5.41) is 0. The van der Waals surface area contributed by atoms with Gasteiger partial charge in [0.15, 0.2) is 0 Å². The zero-order valence-corrected chi connectivity index (χ0v) is 77.7. The third-order valence-electron chi connectivity index (χ3n) is 52.0. The molecular formula is C108H162NbO6Zr+2. The van der Waals surface area contributed by atoms with Crippen LogP contribution in [0.2, 0.25) is 21.8 Å². The first kappa shape index (κ1) is 80.2. The van der Waals surface area contributed by atoms with Gasteiger partial charge in [-0.1, -0.05) is 0 Å². The Kier molecular flexibility index (Phi) is 20.3. The van der Waals surface area contributed by atoms with E-state index in [9.17, 15) is 0 Å². The van der Waals surface area contributed by atoms with Gasteiger partial charge in [-0.25, -0.2) is 0 Å². The van der Waals surface area contributed by atoms with Gasteiger partial charge in [0, 0.05) is 0 Å². The van der Waals surface area contributed by atoms with E-state index in [2.05, 4.69) is 0 Å². The fourth-order valence-corrected chi connectivity index (χ4v) is 111. The first-order valence-corrected chi connectivity index (χ1v) is 62.1. The molecule has 0 aromatic carbocycles. The topological polar surface area (TPSA) is 102 Å². The summed E-state index contributed by atoms with van der Waals surface area (Å²) < 4.78 is 2.08. The van der Waals surface area contributed by atoms with E-state index in [4.69, 9.17) is 0 Å². The minimum Gasteiger partial charge on any atom is 2.00 e. The molecular weight excluding hydrogens is 1580 g/mol. The quantitative estimate of drug-likeness (QED) is 0.142. The molecule has 116 heavy (non-hydrogen) atoms. The average Bonchev–Trinajstić information content (AvgIpc) is 0.649. The summed E-state index contributed by atoms with van der Waals surface area (Å²) in [6.07, 6.45) is 87.7. The van der Waals surface area contributed by atoms with Crippen molar-refractivity contribution in [3.8, 4) is 0 Å². The van der Waals surface area contributed by atoms with Crippen LogP contribution >= 0.6 is 0 Å². The number of hydrogen-bond donors (Lipinski definition) is 0. The van der Waals surface area contributed by atoms with E-state index in [-0.39, 0.29) is 57.9 Å². The van der Waals surface area contributed by atoms with Gasteiger partial charge in [0.05, 0.1) is 0 Å². The molecule has 0 heterocycles. The van der Waals surface area contributed by atoms with E-state index in [0.29, 0.717) is 128 Å². The SMILES string of the molecule is O=C[C@]12CC[C@@H]3CCC[C@H]3[C@@H]1CC[C@H]1CCC[CH]([Zr]([CH]3CCC[C@@H]4CC[C@H]5[C@@H]6CCC[C@H]6CC[C@]5(C=O)[C@@H]34)([CH]3CCC[C@@H]4CC[C@H]5[C@@H]6CCC[C@H]6CC[C@]5(C=O)[C@@H]34)([CH]3CCC[C@@H]4CC[C@H]5[C@@H]6CCC[C@H]6CC[C@]5(C=O)[C@@H]34)([CH]3CCC[C@@H]4CC[C@H]5[C@@H]6CCC[C@H]6CC[C@]5(C=O)[C@@H]34)[CH]3CCC[C@@H]4CC[C@H]5[C@@H]6CCC[C@H]6CC[C@]5(C=O)[C@@H]34)[C@@H]12.[Nb+2]. The minimum atomic E-state index is -7.83. The molecule has 0 saturated heterocycles. The zero-order valence-electron chi connectivity index (χ0n) is 73.1. The molecule has 24 aliphatic carbocycles. The van der Waals surface area contributed by atoms with Gasteiger partial charge in [0.2, 0.25) is 0 Å². The van der Waals surface area contributed by atoms with E-state index >= 15 is 28.8 Å². The summed E-state index contributed by atoms with van der Waals surface area (Å²) in [6.45, 7) is 0. The Hall–Kier alpha value is -0.357. The normalized spacial score (nSPS) is 57.6. The molecule has 24 fully saturated rings. The van der Waals surface area contributed by atoms with Crippen molar-refractivity contribution in [3.05, 3.63) is 0 Å². The Balaban J connectivity index is 0.00000793. The molecule has 8 heteroatoms. The van der Waals surface area contributed by atoms with Crippen molar-refractivity contribution in [2.24, 2.45) is 210 Å². The first-order valence-electron chi connectivity index (χ1n) is 53.6.